The quantitative estimate of drug-likeness (QED) is 0.257. The Hall–Kier alpha value is 0.676. The molecule has 0 N–H and O–H groups in total. The Morgan fingerprint density at radius 3 is 0.429 bits per heavy atom. The third kappa shape index (κ3) is 319. The number of rotatable bonds is 0. The smallest absolute Gasteiger partial charge is 1.00 e. The average Bonchev–Trinajstić information content (AvgIpc) is 0. The number of halogens is 5. The van der Waals surface area contributed by atoms with Crippen LogP contribution in [0.3, 0.4) is 0 Å². The van der Waals surface area contributed by atoms with Gasteiger partial charge in [0.25, 0.3) is 0 Å². The molecule has 0 spiro atoms. The second-order valence-electron chi connectivity index (χ2n) is 0. The molecule has 0 saturated carbocycles. The molecule has 0 aliphatic carbocycles. The minimum Gasteiger partial charge on any atom is -1.00 e. The van der Waals surface area contributed by atoms with Crippen molar-refractivity contribution < 1.29 is 40.0 Å². The summed E-state index contributed by atoms with van der Waals surface area (Å²) in [7, 11) is 0. The zero-order valence-electron chi connectivity index (χ0n) is 2.78. The van der Waals surface area contributed by atoms with E-state index in [4.69, 9.17) is 0 Å². The monoisotopic (exact) mass is 180 g/mol. The van der Waals surface area contributed by atoms with Gasteiger partial charge in [0.2, 0.25) is 0 Å². The molecular formula is AlF5Ni. The van der Waals surface area contributed by atoms with Crippen molar-refractivity contribution >= 4 is 17.4 Å². The van der Waals surface area contributed by atoms with E-state index in [0.29, 0.717) is 0 Å². The van der Waals surface area contributed by atoms with Gasteiger partial charge in [-0.2, -0.15) is 0 Å². The van der Waals surface area contributed by atoms with E-state index in [-0.39, 0.29) is 57.4 Å². The van der Waals surface area contributed by atoms with Gasteiger partial charge in [0.15, 0.2) is 0 Å². The zero-order chi connectivity index (χ0) is 0. The van der Waals surface area contributed by atoms with Gasteiger partial charge in [-0.25, -0.2) is 0 Å². The number of hydrogen-bond acceptors (Lipinski definition) is 0. The molecule has 0 aromatic carbocycles. The molecule has 0 atom stereocenters. The summed E-state index contributed by atoms with van der Waals surface area (Å²) in [6.07, 6.45) is 0. The predicted octanol–water partition coefficient (Wildman–Crippen LogP) is -15.4. The Labute approximate surface area is 57.9 Å². The Kier molecular flexibility index (Phi) is 50300. The molecule has 0 heterocycles. The maximum atomic E-state index is 0. The summed E-state index contributed by atoms with van der Waals surface area (Å²) in [6, 6.07) is 0. The Morgan fingerprint density at radius 2 is 0.429 bits per heavy atom. The molecular weight excluding hydrogens is 181 g/mol. The van der Waals surface area contributed by atoms with Gasteiger partial charge < -0.3 is 23.5 Å². The van der Waals surface area contributed by atoms with E-state index in [1.807, 2.05) is 0 Å². The van der Waals surface area contributed by atoms with Crippen LogP contribution in [0.4, 0.5) is 0 Å². The van der Waals surface area contributed by atoms with Crippen LogP contribution in [0.2, 0.25) is 0 Å². The molecule has 0 rings (SSSR count). The van der Waals surface area contributed by atoms with Crippen LogP contribution in [-0.4, -0.2) is 17.4 Å². The zero-order valence-corrected chi connectivity index (χ0v) is 4.93. The maximum Gasteiger partial charge on any atom is 3.00 e. The van der Waals surface area contributed by atoms with Gasteiger partial charge in [-0.05, 0) is 0 Å². The van der Waals surface area contributed by atoms with Gasteiger partial charge in [-0.1, -0.05) is 0 Å². The van der Waals surface area contributed by atoms with Crippen molar-refractivity contribution in [1.29, 1.82) is 0 Å². The van der Waals surface area contributed by atoms with Crippen molar-refractivity contribution in [1.82, 2.24) is 0 Å². The average molecular weight is 181 g/mol. The van der Waals surface area contributed by atoms with Gasteiger partial charge in [0.05, 0.1) is 0 Å². The first-order valence-electron chi connectivity index (χ1n) is 0. The van der Waals surface area contributed by atoms with Gasteiger partial charge in [-0.3, -0.25) is 0 Å². The molecule has 0 amide bonds. The van der Waals surface area contributed by atoms with Gasteiger partial charge in [0.1, 0.15) is 0 Å². The van der Waals surface area contributed by atoms with Crippen LogP contribution in [-0.2, 0) is 16.5 Å². The largest absolute Gasteiger partial charge is 3.00 e. The van der Waals surface area contributed by atoms with Gasteiger partial charge in [0, 0.05) is 0 Å². The summed E-state index contributed by atoms with van der Waals surface area (Å²) in [4.78, 5) is 0. The van der Waals surface area contributed by atoms with Crippen LogP contribution in [0.25, 0.3) is 0 Å². The molecule has 0 radical (unpaired) electrons. The Bertz CT molecular complexity index is 8.04. The van der Waals surface area contributed by atoms with Crippen molar-refractivity contribution in [2.45, 2.75) is 0 Å². The fourth-order valence-corrected chi connectivity index (χ4v) is 0. The molecule has 0 unspecified atom stereocenters. The number of hydrogen-bond donors (Lipinski definition) is 0. The van der Waals surface area contributed by atoms with E-state index in [1.54, 1.807) is 0 Å². The summed E-state index contributed by atoms with van der Waals surface area (Å²) < 4.78 is 0. The minimum absolute atomic E-state index is 0. The van der Waals surface area contributed by atoms with E-state index in [9.17, 15) is 0 Å². The molecule has 0 aliphatic heterocycles. The van der Waals surface area contributed by atoms with Crippen LogP contribution < -0.4 is 23.5 Å². The molecule has 48 valence electrons. The van der Waals surface area contributed by atoms with Crippen molar-refractivity contribution in [3.8, 4) is 0 Å². The molecule has 7 heavy (non-hydrogen) atoms. The van der Waals surface area contributed by atoms with E-state index < -0.39 is 0 Å². The second-order valence-corrected chi connectivity index (χ2v) is 0. The third-order valence-corrected chi connectivity index (χ3v) is 0. The van der Waals surface area contributed by atoms with Crippen LogP contribution in [0.5, 0.6) is 0 Å². The van der Waals surface area contributed by atoms with Crippen molar-refractivity contribution in [3.63, 3.8) is 0 Å². The van der Waals surface area contributed by atoms with E-state index >= 15 is 0 Å². The third-order valence-electron chi connectivity index (χ3n) is 0. The fourth-order valence-electron chi connectivity index (χ4n) is 0. The SMILES string of the molecule is [Al+3].[F-].[F-].[F-].[F-].[F-].[Ni+2]. The summed E-state index contributed by atoms with van der Waals surface area (Å²) >= 11 is 0. The fraction of sp³-hybridized carbons (Fsp3) is 0. The summed E-state index contributed by atoms with van der Waals surface area (Å²) in [5.74, 6) is 0. The molecule has 0 bridgehead atoms. The molecule has 0 aromatic rings. The maximum absolute atomic E-state index is 0. The molecule has 7 heteroatoms. The van der Waals surface area contributed by atoms with E-state index in [1.165, 1.54) is 0 Å². The molecule has 0 saturated heterocycles. The topological polar surface area (TPSA) is 0 Å². The first-order valence-corrected chi connectivity index (χ1v) is 0. The van der Waals surface area contributed by atoms with Crippen LogP contribution in [0.1, 0.15) is 0 Å². The Balaban J connectivity index is 0. The summed E-state index contributed by atoms with van der Waals surface area (Å²) in [5, 5.41) is 0. The van der Waals surface area contributed by atoms with E-state index in [0.717, 1.165) is 0 Å². The Morgan fingerprint density at radius 1 is 0.429 bits per heavy atom. The van der Waals surface area contributed by atoms with E-state index in [2.05, 4.69) is 0 Å². The van der Waals surface area contributed by atoms with Gasteiger partial charge in [-0.15, -0.1) is 0 Å². The molecule has 0 aromatic heterocycles. The van der Waals surface area contributed by atoms with Crippen LogP contribution >= 0.6 is 0 Å². The van der Waals surface area contributed by atoms with Crippen LogP contribution in [0, 0.1) is 0 Å². The van der Waals surface area contributed by atoms with Crippen molar-refractivity contribution in [2.24, 2.45) is 0 Å². The normalized spacial score (nSPS) is 0. The molecule has 0 nitrogen and oxygen atoms in total. The van der Waals surface area contributed by atoms with Crippen molar-refractivity contribution in [2.75, 3.05) is 0 Å². The van der Waals surface area contributed by atoms with Crippen LogP contribution in [0.15, 0.2) is 0 Å². The first-order chi connectivity index (χ1) is 0. The van der Waals surface area contributed by atoms with Crippen molar-refractivity contribution in [3.05, 3.63) is 0 Å². The summed E-state index contributed by atoms with van der Waals surface area (Å²) in [5.41, 5.74) is 0. The first kappa shape index (κ1) is 749. The second kappa shape index (κ2) is 471. The standard InChI is InChI=1S/Al.5FH.Ni/h;5*1H;/q+3;;;;;;+2/p-5. The van der Waals surface area contributed by atoms with Gasteiger partial charge >= 0.3 is 33.9 Å². The molecule has 0 fully saturated rings. The summed E-state index contributed by atoms with van der Waals surface area (Å²) in [6.45, 7) is 0. The predicted molar refractivity (Wildman–Crippen MR) is 5.75 cm³/mol. The minimum atomic E-state index is 0. The molecule has 0 aliphatic rings.